The second kappa shape index (κ2) is 15.8. The van der Waals surface area contributed by atoms with Crippen LogP contribution in [0.5, 0.6) is 11.6 Å². The first-order valence-corrected chi connectivity index (χ1v) is 16.3. The topological polar surface area (TPSA) is 97.0 Å². The van der Waals surface area contributed by atoms with Crippen molar-refractivity contribution in [1.82, 2.24) is 19.8 Å². The van der Waals surface area contributed by atoms with Gasteiger partial charge in [0.05, 0.1) is 23.8 Å². The number of aromatic nitrogens is 2. The van der Waals surface area contributed by atoms with Gasteiger partial charge in [0.15, 0.2) is 0 Å². The lowest BCUT2D eigenvalue weighted by molar-refractivity contribution is -0.123. The van der Waals surface area contributed by atoms with E-state index in [1.54, 1.807) is 33.5 Å². The maximum absolute atomic E-state index is 12.9. The average Bonchev–Trinajstić information content (AvgIpc) is 3.37. The summed E-state index contributed by atoms with van der Waals surface area (Å²) in [6.45, 7) is 8.19. The van der Waals surface area contributed by atoms with Crippen LogP contribution in [-0.4, -0.2) is 78.3 Å². The van der Waals surface area contributed by atoms with E-state index in [0.717, 1.165) is 55.5 Å². The van der Waals surface area contributed by atoms with Crippen LogP contribution in [0.3, 0.4) is 0 Å². The van der Waals surface area contributed by atoms with E-state index in [2.05, 4.69) is 51.0 Å². The van der Waals surface area contributed by atoms with E-state index < -0.39 is 11.7 Å². The van der Waals surface area contributed by atoms with Gasteiger partial charge in [0.25, 0.3) is 0 Å². The Morgan fingerprint density at radius 3 is 2.43 bits per heavy atom. The van der Waals surface area contributed by atoms with E-state index in [4.69, 9.17) is 14.2 Å². The second-order valence-corrected chi connectivity index (χ2v) is 12.9. The minimum absolute atomic E-state index is 0.166. The first kappa shape index (κ1) is 35.3. The molecule has 0 aliphatic rings. The number of H-pyrrole nitrogens is 1. The predicted molar refractivity (Wildman–Crippen MR) is 191 cm³/mol. The van der Waals surface area contributed by atoms with Gasteiger partial charge >= 0.3 is 6.09 Å². The Bertz CT molecular complexity index is 1750. The largest absolute Gasteiger partial charge is 0.497 e. The summed E-state index contributed by atoms with van der Waals surface area (Å²) in [7, 11) is 5.01. The maximum Gasteiger partial charge on any atom is 0.410 e. The van der Waals surface area contributed by atoms with Crippen molar-refractivity contribution >= 4 is 50.0 Å². The predicted octanol–water partition coefficient (Wildman–Crippen LogP) is 7.96. The van der Waals surface area contributed by atoms with Crippen LogP contribution in [0.4, 0.5) is 4.79 Å². The highest BCUT2D eigenvalue weighted by Gasteiger charge is 2.22. The number of halogens is 1. The summed E-state index contributed by atoms with van der Waals surface area (Å²) in [6, 6.07) is 20.1. The lowest BCUT2D eigenvalue weighted by atomic mass is 9.91. The number of nitrogens with zero attached hydrogens (tertiary/aromatic N) is 3. The number of aromatic amines is 1. The Kier molecular flexibility index (Phi) is 11.9. The normalized spacial score (nSPS) is 12.2. The summed E-state index contributed by atoms with van der Waals surface area (Å²) in [5, 5.41) is 1.09. The molecule has 2 heterocycles. The fourth-order valence-corrected chi connectivity index (χ4v) is 5.62. The number of pyridine rings is 1. The molecule has 0 atom stereocenters. The molecule has 4 rings (SSSR count). The molecule has 4 aromatic rings. The zero-order chi connectivity index (χ0) is 34.1. The molecule has 0 fully saturated rings. The number of nitrogens with one attached hydrogen (secondary N) is 1. The van der Waals surface area contributed by atoms with Gasteiger partial charge in [0, 0.05) is 61.0 Å². The van der Waals surface area contributed by atoms with Gasteiger partial charge in [-0.15, -0.1) is 0 Å². The molecule has 1 N–H and O–H groups in total. The average molecular weight is 704 g/mol. The minimum Gasteiger partial charge on any atom is -0.497 e. The third-order valence-electron chi connectivity index (χ3n) is 7.28. The van der Waals surface area contributed by atoms with Crippen molar-refractivity contribution in [3.63, 3.8) is 0 Å². The molecule has 248 valence electrons. The van der Waals surface area contributed by atoms with Crippen LogP contribution in [0, 0.1) is 0 Å². The summed E-state index contributed by atoms with van der Waals surface area (Å²) in [6.07, 6.45) is 5.15. The monoisotopic (exact) mass is 702 g/mol. The van der Waals surface area contributed by atoms with Crippen LogP contribution in [0.2, 0.25) is 0 Å². The van der Waals surface area contributed by atoms with Gasteiger partial charge in [-0.25, -0.2) is 9.78 Å². The van der Waals surface area contributed by atoms with Crippen LogP contribution in [0.15, 0.2) is 83.5 Å². The SMILES string of the molecule is CC/C(=C(/c1ccc(OCCN(C/C=C/C(=O)N(C)C)C(=O)OC(C)(C)C)nc1)c1[nH]c2ccccc2c1Br)c1cccc(OC)c1. The number of para-hydroxylation sites is 1. The van der Waals surface area contributed by atoms with E-state index in [-0.39, 0.29) is 25.6 Å². The number of hydrogen-bond acceptors (Lipinski definition) is 6. The molecular formula is C37H43BrN4O5. The minimum atomic E-state index is -0.663. The summed E-state index contributed by atoms with van der Waals surface area (Å²) in [5.41, 5.74) is 5.42. The maximum atomic E-state index is 12.9. The summed E-state index contributed by atoms with van der Waals surface area (Å²) < 4.78 is 18.1. The van der Waals surface area contributed by atoms with Gasteiger partial charge < -0.3 is 29.0 Å². The van der Waals surface area contributed by atoms with Crippen molar-refractivity contribution in [2.75, 3.05) is 40.9 Å². The van der Waals surface area contributed by atoms with Crippen LogP contribution in [-0.2, 0) is 9.53 Å². The number of carbonyl (C=O) groups excluding carboxylic acids is 2. The number of ether oxygens (including phenoxy) is 3. The number of rotatable bonds is 12. The Labute approximate surface area is 285 Å². The van der Waals surface area contributed by atoms with Gasteiger partial charge in [-0.05, 0) is 78.5 Å². The van der Waals surface area contributed by atoms with Crippen LogP contribution < -0.4 is 9.47 Å². The molecule has 0 unspecified atom stereocenters. The highest BCUT2D eigenvalue weighted by atomic mass is 79.9. The molecule has 0 saturated carbocycles. The standard InChI is InChI=1S/C37H43BrN4O5/c1-8-28(25-13-11-14-27(23-25)45-7)33(35-34(38)29-15-9-10-16-30(29)40-35)26-18-19-31(39-24-26)46-22-21-42(36(44)47-37(2,3)4)20-12-17-32(43)41(5)6/h9-19,23-24,40H,8,20-22H2,1-7H3/b17-12+,33-28+. The molecule has 0 radical (unpaired) electrons. The fourth-order valence-electron chi connectivity index (χ4n) is 4.97. The number of carbonyl (C=O) groups is 2. The number of allylic oxidation sites excluding steroid dienone is 1. The molecule has 9 nitrogen and oxygen atoms in total. The first-order valence-electron chi connectivity index (χ1n) is 15.5. The molecule has 0 bridgehead atoms. The van der Waals surface area contributed by atoms with Crippen molar-refractivity contribution in [2.45, 2.75) is 39.7 Å². The van der Waals surface area contributed by atoms with Gasteiger partial charge in [0.2, 0.25) is 11.8 Å². The van der Waals surface area contributed by atoms with Gasteiger partial charge in [-0.3, -0.25) is 4.79 Å². The van der Waals surface area contributed by atoms with Crippen LogP contribution in [0.1, 0.15) is 50.9 Å². The van der Waals surface area contributed by atoms with E-state index in [9.17, 15) is 9.59 Å². The van der Waals surface area contributed by atoms with E-state index in [0.29, 0.717) is 5.88 Å². The van der Waals surface area contributed by atoms with Crippen molar-refractivity contribution < 1.29 is 23.8 Å². The Balaban J connectivity index is 1.61. The number of amides is 2. The van der Waals surface area contributed by atoms with Gasteiger partial charge in [0.1, 0.15) is 18.0 Å². The molecule has 47 heavy (non-hydrogen) atoms. The zero-order valence-corrected chi connectivity index (χ0v) is 29.7. The van der Waals surface area contributed by atoms with Crippen LogP contribution >= 0.6 is 15.9 Å². The highest BCUT2D eigenvalue weighted by Crippen LogP contribution is 2.40. The van der Waals surface area contributed by atoms with Crippen molar-refractivity contribution in [1.29, 1.82) is 0 Å². The lowest BCUT2D eigenvalue weighted by Gasteiger charge is -2.26. The zero-order valence-electron chi connectivity index (χ0n) is 28.1. The third-order valence-corrected chi connectivity index (χ3v) is 8.10. The molecule has 2 aromatic heterocycles. The molecule has 0 saturated heterocycles. The summed E-state index contributed by atoms with van der Waals surface area (Å²) in [5.74, 6) is 1.04. The molecule has 2 aromatic carbocycles. The number of benzene rings is 2. The van der Waals surface area contributed by atoms with Crippen molar-refractivity contribution in [3.05, 3.63) is 100 Å². The highest BCUT2D eigenvalue weighted by molar-refractivity contribution is 9.10. The second-order valence-electron chi connectivity index (χ2n) is 12.1. The Morgan fingerprint density at radius 1 is 1.02 bits per heavy atom. The number of methoxy groups -OCH3 is 1. The Hall–Kier alpha value is -4.57. The van der Waals surface area contributed by atoms with Crippen LogP contribution in [0.25, 0.3) is 22.0 Å². The smallest absolute Gasteiger partial charge is 0.410 e. The number of fused-ring (bicyclic) bond motifs is 1. The lowest BCUT2D eigenvalue weighted by Crippen LogP contribution is -2.39. The first-order chi connectivity index (χ1) is 22.4. The number of likely N-dealkylation sites (N-methyl/N-ethyl adjacent to an activating group) is 1. The van der Waals surface area contributed by atoms with Gasteiger partial charge in [-0.2, -0.15) is 0 Å². The van der Waals surface area contributed by atoms with Gasteiger partial charge in [-0.1, -0.05) is 43.3 Å². The van der Waals surface area contributed by atoms with E-state index in [1.807, 2.05) is 63.2 Å². The number of hydrogen-bond donors (Lipinski definition) is 1. The van der Waals surface area contributed by atoms with E-state index >= 15 is 0 Å². The third kappa shape index (κ3) is 9.25. The molecule has 2 amide bonds. The summed E-state index contributed by atoms with van der Waals surface area (Å²) >= 11 is 3.87. The Morgan fingerprint density at radius 2 is 1.79 bits per heavy atom. The molecule has 0 spiro atoms. The quantitative estimate of drug-likeness (QED) is 0.151. The van der Waals surface area contributed by atoms with Crippen molar-refractivity contribution in [3.8, 4) is 11.6 Å². The fraction of sp³-hybridized carbons (Fsp3) is 0.324. The van der Waals surface area contributed by atoms with E-state index in [1.165, 1.54) is 15.9 Å². The summed E-state index contributed by atoms with van der Waals surface area (Å²) in [4.78, 5) is 36.1. The molecular weight excluding hydrogens is 660 g/mol. The molecule has 0 aliphatic carbocycles. The van der Waals surface area contributed by atoms with Crippen molar-refractivity contribution in [2.24, 2.45) is 0 Å². The molecule has 0 aliphatic heterocycles. The molecule has 10 heteroatoms.